The first kappa shape index (κ1) is 25.5. The number of aryl methyl sites for hydroxylation is 1. The Kier molecular flexibility index (Phi) is 8.43. The standard InChI is InChI=1S/C29H27IN2O4/c1-4-35-27-16-20(17-31-32-29(33)24-13-12-19(2)14-26(24)34-3)15-25(30)28(27)36-18-22-10-7-9-21-8-5-6-11-23(21)22/h5-17H,4,18H2,1-3H3,(H,32,33)/b31-17-. The Balaban J connectivity index is 1.51. The molecule has 7 heteroatoms. The van der Waals surface area contributed by atoms with Gasteiger partial charge in [0.1, 0.15) is 12.4 Å². The number of rotatable bonds is 9. The molecule has 0 atom stereocenters. The molecule has 0 spiro atoms. The summed E-state index contributed by atoms with van der Waals surface area (Å²) in [5, 5.41) is 6.48. The first-order chi connectivity index (χ1) is 17.5. The molecule has 0 saturated carbocycles. The molecular weight excluding hydrogens is 567 g/mol. The minimum Gasteiger partial charge on any atom is -0.496 e. The van der Waals surface area contributed by atoms with Crippen molar-refractivity contribution < 1.29 is 19.0 Å². The first-order valence-corrected chi connectivity index (χ1v) is 12.6. The number of hydrogen-bond donors (Lipinski definition) is 1. The number of carbonyl (C=O) groups excluding carboxylic acids is 1. The monoisotopic (exact) mass is 594 g/mol. The van der Waals surface area contributed by atoms with Gasteiger partial charge in [-0.2, -0.15) is 5.10 Å². The highest BCUT2D eigenvalue weighted by atomic mass is 127. The molecule has 0 aliphatic heterocycles. The van der Waals surface area contributed by atoms with E-state index in [1.54, 1.807) is 12.3 Å². The normalized spacial score (nSPS) is 11.0. The molecule has 0 bridgehead atoms. The second-order valence-corrected chi connectivity index (χ2v) is 9.26. The maximum absolute atomic E-state index is 12.6. The summed E-state index contributed by atoms with van der Waals surface area (Å²) < 4.78 is 18.3. The van der Waals surface area contributed by atoms with Crippen molar-refractivity contribution in [1.82, 2.24) is 5.43 Å². The predicted molar refractivity (Wildman–Crippen MR) is 151 cm³/mol. The van der Waals surface area contributed by atoms with Gasteiger partial charge < -0.3 is 14.2 Å². The van der Waals surface area contributed by atoms with Gasteiger partial charge in [0.05, 0.1) is 29.1 Å². The van der Waals surface area contributed by atoms with Crippen LogP contribution >= 0.6 is 22.6 Å². The van der Waals surface area contributed by atoms with Crippen LogP contribution in [0.3, 0.4) is 0 Å². The number of ether oxygens (including phenoxy) is 3. The van der Waals surface area contributed by atoms with Crippen LogP contribution in [0.2, 0.25) is 0 Å². The lowest BCUT2D eigenvalue weighted by atomic mass is 10.1. The van der Waals surface area contributed by atoms with E-state index in [2.05, 4.69) is 57.4 Å². The summed E-state index contributed by atoms with van der Waals surface area (Å²) in [6, 6.07) is 23.6. The molecule has 1 N–H and O–H groups in total. The highest BCUT2D eigenvalue weighted by Crippen LogP contribution is 2.35. The van der Waals surface area contributed by atoms with Crippen molar-refractivity contribution in [2.75, 3.05) is 13.7 Å². The Bertz CT molecular complexity index is 1410. The van der Waals surface area contributed by atoms with E-state index < -0.39 is 0 Å². The van der Waals surface area contributed by atoms with E-state index in [9.17, 15) is 4.79 Å². The topological polar surface area (TPSA) is 69.2 Å². The molecule has 184 valence electrons. The van der Waals surface area contributed by atoms with E-state index in [1.165, 1.54) is 12.5 Å². The molecule has 0 aliphatic carbocycles. The molecule has 36 heavy (non-hydrogen) atoms. The Morgan fingerprint density at radius 1 is 1.00 bits per heavy atom. The number of methoxy groups -OCH3 is 1. The van der Waals surface area contributed by atoms with Crippen LogP contribution in [-0.2, 0) is 6.61 Å². The van der Waals surface area contributed by atoms with Gasteiger partial charge in [0.2, 0.25) is 0 Å². The maximum atomic E-state index is 12.6. The maximum Gasteiger partial charge on any atom is 0.275 e. The highest BCUT2D eigenvalue weighted by molar-refractivity contribution is 14.1. The number of benzene rings is 4. The summed E-state index contributed by atoms with van der Waals surface area (Å²) >= 11 is 2.23. The number of nitrogens with one attached hydrogen (secondary N) is 1. The van der Waals surface area contributed by atoms with Gasteiger partial charge in [0, 0.05) is 0 Å². The molecule has 0 fully saturated rings. The third-order valence-electron chi connectivity index (χ3n) is 5.57. The Hall–Kier alpha value is -3.59. The van der Waals surface area contributed by atoms with Crippen molar-refractivity contribution in [1.29, 1.82) is 0 Å². The van der Waals surface area contributed by atoms with Gasteiger partial charge in [0.15, 0.2) is 11.5 Å². The Labute approximate surface area is 224 Å². The van der Waals surface area contributed by atoms with Gasteiger partial charge >= 0.3 is 0 Å². The molecule has 0 saturated heterocycles. The van der Waals surface area contributed by atoms with Crippen molar-refractivity contribution in [3.8, 4) is 17.2 Å². The minimum atomic E-state index is -0.349. The largest absolute Gasteiger partial charge is 0.496 e. The molecule has 0 heterocycles. The third-order valence-corrected chi connectivity index (χ3v) is 6.37. The van der Waals surface area contributed by atoms with E-state index in [1.807, 2.05) is 56.3 Å². The van der Waals surface area contributed by atoms with E-state index in [0.29, 0.717) is 36.0 Å². The van der Waals surface area contributed by atoms with Crippen LogP contribution in [0.15, 0.2) is 77.9 Å². The van der Waals surface area contributed by atoms with Crippen molar-refractivity contribution in [2.45, 2.75) is 20.5 Å². The van der Waals surface area contributed by atoms with Gasteiger partial charge in [-0.1, -0.05) is 48.5 Å². The lowest BCUT2D eigenvalue weighted by Gasteiger charge is -2.15. The number of hydrazone groups is 1. The molecule has 4 aromatic rings. The zero-order valence-corrected chi connectivity index (χ0v) is 22.5. The summed E-state index contributed by atoms with van der Waals surface area (Å²) in [6.07, 6.45) is 1.58. The van der Waals surface area contributed by atoms with Gasteiger partial charge in [-0.3, -0.25) is 4.79 Å². The smallest absolute Gasteiger partial charge is 0.275 e. The molecule has 0 aromatic heterocycles. The van der Waals surface area contributed by atoms with Gasteiger partial charge in [-0.15, -0.1) is 0 Å². The van der Waals surface area contributed by atoms with Crippen LogP contribution in [0.25, 0.3) is 10.8 Å². The Morgan fingerprint density at radius 3 is 2.61 bits per heavy atom. The summed E-state index contributed by atoms with van der Waals surface area (Å²) in [4.78, 5) is 12.6. The lowest BCUT2D eigenvalue weighted by Crippen LogP contribution is -2.18. The second kappa shape index (κ2) is 11.9. The van der Waals surface area contributed by atoms with Gasteiger partial charge in [-0.25, -0.2) is 5.43 Å². The summed E-state index contributed by atoms with van der Waals surface area (Å²) in [6.45, 7) is 4.78. The molecule has 0 unspecified atom stereocenters. The van der Waals surface area contributed by atoms with Gasteiger partial charge in [0.25, 0.3) is 5.91 Å². The number of halogens is 1. The van der Waals surface area contributed by atoms with E-state index in [0.717, 1.165) is 25.6 Å². The zero-order valence-electron chi connectivity index (χ0n) is 20.4. The van der Waals surface area contributed by atoms with Crippen molar-refractivity contribution >= 4 is 45.5 Å². The zero-order chi connectivity index (χ0) is 25.5. The van der Waals surface area contributed by atoms with E-state index in [4.69, 9.17) is 14.2 Å². The summed E-state index contributed by atoms with van der Waals surface area (Å²) in [7, 11) is 1.54. The quantitative estimate of drug-likeness (QED) is 0.137. The van der Waals surface area contributed by atoms with Crippen molar-refractivity contribution in [3.63, 3.8) is 0 Å². The average molecular weight is 594 g/mol. The number of hydrogen-bond acceptors (Lipinski definition) is 5. The molecule has 4 rings (SSSR count). The molecular formula is C29H27IN2O4. The predicted octanol–water partition coefficient (Wildman–Crippen LogP) is 6.50. The van der Waals surface area contributed by atoms with E-state index in [-0.39, 0.29) is 5.91 Å². The summed E-state index contributed by atoms with van der Waals surface area (Å²) in [5.41, 5.74) is 5.87. The van der Waals surface area contributed by atoms with Crippen LogP contribution in [-0.4, -0.2) is 25.8 Å². The van der Waals surface area contributed by atoms with Crippen LogP contribution in [0, 0.1) is 10.5 Å². The Morgan fingerprint density at radius 2 is 1.81 bits per heavy atom. The van der Waals surface area contributed by atoms with Crippen molar-refractivity contribution in [2.24, 2.45) is 5.10 Å². The van der Waals surface area contributed by atoms with Crippen LogP contribution in [0.5, 0.6) is 17.2 Å². The third kappa shape index (κ3) is 5.96. The van der Waals surface area contributed by atoms with Crippen LogP contribution < -0.4 is 19.6 Å². The second-order valence-electron chi connectivity index (χ2n) is 8.09. The fraction of sp³-hybridized carbons (Fsp3) is 0.172. The SMILES string of the molecule is CCOc1cc(/C=N\NC(=O)c2ccc(C)cc2OC)cc(I)c1OCc1cccc2ccccc12. The summed E-state index contributed by atoms with van der Waals surface area (Å²) in [5.74, 6) is 1.45. The number of fused-ring (bicyclic) bond motifs is 1. The lowest BCUT2D eigenvalue weighted by molar-refractivity contribution is 0.0952. The number of amides is 1. The van der Waals surface area contributed by atoms with Crippen LogP contribution in [0.1, 0.15) is 34.0 Å². The fourth-order valence-corrected chi connectivity index (χ4v) is 4.63. The van der Waals surface area contributed by atoms with Crippen molar-refractivity contribution in [3.05, 3.63) is 98.6 Å². The average Bonchev–Trinajstić information content (AvgIpc) is 2.88. The molecule has 4 aromatic carbocycles. The van der Waals surface area contributed by atoms with E-state index >= 15 is 0 Å². The molecule has 0 aliphatic rings. The number of carbonyl (C=O) groups is 1. The first-order valence-electron chi connectivity index (χ1n) is 11.5. The molecule has 0 radical (unpaired) electrons. The number of nitrogens with zero attached hydrogens (tertiary/aromatic N) is 1. The van der Waals surface area contributed by atoms with Crippen LogP contribution in [0.4, 0.5) is 0 Å². The highest BCUT2D eigenvalue weighted by Gasteiger charge is 2.14. The fourth-order valence-electron chi connectivity index (χ4n) is 3.85. The van der Waals surface area contributed by atoms with Gasteiger partial charge in [-0.05, 0) is 88.2 Å². The molecule has 1 amide bonds. The molecule has 6 nitrogen and oxygen atoms in total. The minimum absolute atomic E-state index is 0.349.